The molecule has 2 aromatic rings. The van der Waals surface area contributed by atoms with Crippen LogP contribution in [0.4, 0.5) is 8.78 Å². The zero-order valence-corrected chi connectivity index (χ0v) is 14.1. The quantitative estimate of drug-likeness (QED) is 0.831. The van der Waals surface area contributed by atoms with Crippen molar-refractivity contribution >= 4 is 15.7 Å². The number of amides is 1. The second kappa shape index (κ2) is 6.95. The molecule has 0 saturated carbocycles. The van der Waals surface area contributed by atoms with Gasteiger partial charge in [0.25, 0.3) is 5.91 Å². The van der Waals surface area contributed by atoms with E-state index in [-0.39, 0.29) is 31.7 Å². The summed E-state index contributed by atoms with van der Waals surface area (Å²) in [6.45, 7) is 0.267. The first-order valence-electron chi connectivity index (χ1n) is 7.86. The number of benzene rings is 1. The molecule has 5 nitrogen and oxygen atoms in total. The SMILES string of the molecule is O=C(c1c(F)cccc1F)N1CCC(S(=O)(=O)Cc2ccco2)CC1. The summed E-state index contributed by atoms with van der Waals surface area (Å²) in [5.41, 5.74) is -0.598. The molecule has 25 heavy (non-hydrogen) atoms. The number of hydrogen-bond donors (Lipinski definition) is 0. The van der Waals surface area contributed by atoms with Crippen LogP contribution in [-0.4, -0.2) is 37.6 Å². The molecule has 0 aliphatic carbocycles. The highest BCUT2D eigenvalue weighted by atomic mass is 32.2. The molecular formula is C17H17F2NO4S. The van der Waals surface area contributed by atoms with E-state index in [2.05, 4.69) is 0 Å². The maximum absolute atomic E-state index is 13.7. The summed E-state index contributed by atoms with van der Waals surface area (Å²) in [5.74, 6) is -2.42. The lowest BCUT2D eigenvalue weighted by Gasteiger charge is -2.31. The molecule has 2 heterocycles. The minimum atomic E-state index is -3.42. The number of furan rings is 1. The number of piperidine rings is 1. The molecule has 1 aliphatic heterocycles. The standard InChI is InChI=1S/C17H17F2NO4S/c18-14-4-1-5-15(19)16(14)17(21)20-8-6-13(7-9-20)25(22,23)11-12-3-2-10-24-12/h1-5,10,13H,6-9,11H2. The summed E-state index contributed by atoms with van der Waals surface area (Å²) in [7, 11) is -3.42. The number of carbonyl (C=O) groups is 1. The van der Waals surface area contributed by atoms with E-state index < -0.39 is 38.2 Å². The second-order valence-corrected chi connectivity index (χ2v) is 8.26. The van der Waals surface area contributed by atoms with Crippen LogP contribution >= 0.6 is 0 Å². The minimum Gasteiger partial charge on any atom is -0.468 e. The van der Waals surface area contributed by atoms with Crippen LogP contribution in [-0.2, 0) is 15.6 Å². The molecule has 8 heteroatoms. The van der Waals surface area contributed by atoms with Gasteiger partial charge in [-0.05, 0) is 37.1 Å². The van der Waals surface area contributed by atoms with E-state index >= 15 is 0 Å². The zero-order valence-electron chi connectivity index (χ0n) is 13.3. The van der Waals surface area contributed by atoms with Crippen LogP contribution in [0, 0.1) is 11.6 Å². The van der Waals surface area contributed by atoms with Crippen LogP contribution in [0.1, 0.15) is 29.0 Å². The first kappa shape index (κ1) is 17.6. The Morgan fingerprint density at radius 2 is 1.76 bits per heavy atom. The van der Waals surface area contributed by atoms with Crippen LogP contribution in [0.15, 0.2) is 41.0 Å². The van der Waals surface area contributed by atoms with Crippen LogP contribution < -0.4 is 0 Å². The Balaban J connectivity index is 1.66. The van der Waals surface area contributed by atoms with Crippen molar-refractivity contribution in [1.29, 1.82) is 0 Å². The fourth-order valence-corrected chi connectivity index (χ4v) is 4.71. The van der Waals surface area contributed by atoms with Crippen molar-refractivity contribution in [2.75, 3.05) is 13.1 Å². The van der Waals surface area contributed by atoms with Crippen molar-refractivity contribution in [2.45, 2.75) is 23.8 Å². The van der Waals surface area contributed by atoms with Gasteiger partial charge in [0.05, 0.1) is 11.5 Å². The summed E-state index contributed by atoms with van der Waals surface area (Å²) >= 11 is 0. The Morgan fingerprint density at radius 1 is 1.12 bits per heavy atom. The van der Waals surface area contributed by atoms with Gasteiger partial charge in [0, 0.05) is 13.1 Å². The first-order valence-corrected chi connectivity index (χ1v) is 9.57. The summed E-state index contributed by atoms with van der Waals surface area (Å²) in [5, 5.41) is -0.605. The third-order valence-electron chi connectivity index (χ3n) is 4.34. The van der Waals surface area contributed by atoms with Gasteiger partial charge in [-0.3, -0.25) is 4.79 Å². The van der Waals surface area contributed by atoms with E-state index in [0.717, 1.165) is 12.1 Å². The van der Waals surface area contributed by atoms with E-state index in [9.17, 15) is 22.0 Å². The van der Waals surface area contributed by atoms with Crippen molar-refractivity contribution in [3.05, 3.63) is 59.6 Å². The van der Waals surface area contributed by atoms with Crippen molar-refractivity contribution in [3.8, 4) is 0 Å². The topological polar surface area (TPSA) is 67.6 Å². The Kier molecular flexibility index (Phi) is 4.89. The fourth-order valence-electron chi connectivity index (χ4n) is 2.99. The zero-order chi connectivity index (χ0) is 18.0. The van der Waals surface area contributed by atoms with Crippen LogP contribution in [0.3, 0.4) is 0 Å². The lowest BCUT2D eigenvalue weighted by atomic mass is 10.1. The lowest BCUT2D eigenvalue weighted by molar-refractivity contribution is 0.0715. The van der Waals surface area contributed by atoms with Crippen molar-refractivity contribution in [1.82, 2.24) is 4.90 Å². The molecule has 1 aliphatic rings. The second-order valence-electron chi connectivity index (χ2n) is 5.97. The number of likely N-dealkylation sites (tertiary alicyclic amines) is 1. The molecular weight excluding hydrogens is 352 g/mol. The average molecular weight is 369 g/mol. The van der Waals surface area contributed by atoms with Gasteiger partial charge in [-0.15, -0.1) is 0 Å². The van der Waals surface area contributed by atoms with Crippen LogP contribution in [0.2, 0.25) is 0 Å². The summed E-state index contributed by atoms with van der Waals surface area (Å²) < 4.78 is 57.4. The molecule has 0 bridgehead atoms. The van der Waals surface area contributed by atoms with E-state index in [1.165, 1.54) is 17.2 Å². The molecule has 1 aromatic carbocycles. The summed E-state index contributed by atoms with van der Waals surface area (Å²) in [6, 6.07) is 6.45. The van der Waals surface area contributed by atoms with Crippen molar-refractivity contribution in [2.24, 2.45) is 0 Å². The van der Waals surface area contributed by atoms with Gasteiger partial charge < -0.3 is 9.32 Å². The van der Waals surface area contributed by atoms with Gasteiger partial charge in [0.2, 0.25) is 0 Å². The Bertz CT molecular complexity index is 837. The lowest BCUT2D eigenvalue weighted by Crippen LogP contribution is -2.43. The van der Waals surface area contributed by atoms with Gasteiger partial charge in [0.15, 0.2) is 9.84 Å². The molecule has 3 rings (SSSR count). The van der Waals surface area contributed by atoms with Gasteiger partial charge in [-0.1, -0.05) is 6.07 Å². The average Bonchev–Trinajstić information content (AvgIpc) is 3.07. The molecule has 0 radical (unpaired) electrons. The van der Waals surface area contributed by atoms with Gasteiger partial charge in [-0.25, -0.2) is 17.2 Å². The molecule has 1 fully saturated rings. The molecule has 1 amide bonds. The number of rotatable bonds is 4. The smallest absolute Gasteiger partial charge is 0.259 e. The minimum absolute atomic E-state index is 0.134. The van der Waals surface area contributed by atoms with Crippen molar-refractivity contribution < 1.29 is 26.4 Å². The summed E-state index contributed by atoms with van der Waals surface area (Å²) in [6.07, 6.45) is 1.87. The Morgan fingerprint density at radius 3 is 2.32 bits per heavy atom. The molecule has 0 spiro atoms. The molecule has 134 valence electrons. The number of hydrogen-bond acceptors (Lipinski definition) is 4. The van der Waals surface area contributed by atoms with Crippen LogP contribution in [0.25, 0.3) is 0 Å². The number of carbonyl (C=O) groups excluding carboxylic acids is 1. The van der Waals surface area contributed by atoms with E-state index in [0.29, 0.717) is 5.76 Å². The van der Waals surface area contributed by atoms with E-state index in [1.807, 2.05) is 0 Å². The number of halogens is 2. The maximum Gasteiger partial charge on any atom is 0.259 e. The summed E-state index contributed by atoms with van der Waals surface area (Å²) in [4.78, 5) is 13.6. The third-order valence-corrected chi connectivity index (χ3v) is 6.51. The van der Waals surface area contributed by atoms with Gasteiger partial charge in [-0.2, -0.15) is 0 Å². The largest absolute Gasteiger partial charge is 0.468 e. The number of nitrogens with zero attached hydrogens (tertiary/aromatic N) is 1. The molecule has 0 N–H and O–H groups in total. The fraction of sp³-hybridized carbons (Fsp3) is 0.353. The predicted octanol–water partition coefficient (Wildman–Crippen LogP) is 2.78. The third kappa shape index (κ3) is 3.73. The van der Waals surface area contributed by atoms with Crippen molar-refractivity contribution in [3.63, 3.8) is 0 Å². The van der Waals surface area contributed by atoms with E-state index in [4.69, 9.17) is 4.42 Å². The first-order chi connectivity index (χ1) is 11.9. The highest BCUT2D eigenvalue weighted by Crippen LogP contribution is 2.24. The normalized spacial score (nSPS) is 16.2. The monoisotopic (exact) mass is 369 g/mol. The predicted molar refractivity (Wildman–Crippen MR) is 86.6 cm³/mol. The number of sulfone groups is 1. The molecule has 1 aromatic heterocycles. The highest BCUT2D eigenvalue weighted by molar-refractivity contribution is 7.91. The molecule has 0 unspecified atom stereocenters. The van der Waals surface area contributed by atoms with Gasteiger partial charge >= 0.3 is 0 Å². The molecule has 1 saturated heterocycles. The Labute approximate surface area is 144 Å². The molecule has 0 atom stereocenters. The van der Waals surface area contributed by atoms with E-state index in [1.54, 1.807) is 12.1 Å². The maximum atomic E-state index is 13.7. The van der Waals surface area contributed by atoms with Gasteiger partial charge in [0.1, 0.15) is 28.7 Å². The Hall–Kier alpha value is -2.22. The van der Waals surface area contributed by atoms with Crippen LogP contribution in [0.5, 0.6) is 0 Å². The highest BCUT2D eigenvalue weighted by Gasteiger charge is 2.33.